The third-order valence-electron chi connectivity index (χ3n) is 5.96. The number of aromatic nitrogens is 3. The molecular formula is C23H25N5O3. The fourth-order valence-electron chi connectivity index (χ4n) is 4.02. The van der Waals surface area contributed by atoms with Crippen molar-refractivity contribution in [2.75, 3.05) is 25.0 Å². The first-order valence-corrected chi connectivity index (χ1v) is 10.8. The predicted octanol–water partition coefficient (Wildman–Crippen LogP) is 2.86. The molecule has 8 nitrogen and oxygen atoms in total. The lowest BCUT2D eigenvalue weighted by Crippen LogP contribution is -2.40. The van der Waals surface area contributed by atoms with Crippen LogP contribution in [0.25, 0.3) is 5.65 Å². The number of pyridine rings is 1. The number of carbonyl (C=O) groups excluding carboxylic acids is 2. The second-order valence-corrected chi connectivity index (χ2v) is 8.22. The van der Waals surface area contributed by atoms with Crippen LogP contribution in [0.4, 0.5) is 5.69 Å². The molecule has 1 saturated heterocycles. The van der Waals surface area contributed by atoms with Crippen molar-refractivity contribution < 1.29 is 14.3 Å². The average Bonchev–Trinajstić information content (AvgIpc) is 3.57. The first-order chi connectivity index (χ1) is 15.2. The number of amides is 2. The maximum atomic E-state index is 12.6. The number of carbonyl (C=O) groups is 2. The number of nitrogens with one attached hydrogen (secondary N) is 1. The van der Waals surface area contributed by atoms with E-state index in [0.717, 1.165) is 37.2 Å². The van der Waals surface area contributed by atoms with E-state index in [9.17, 15) is 9.59 Å². The maximum absolute atomic E-state index is 12.6. The molecule has 160 valence electrons. The monoisotopic (exact) mass is 419 g/mol. The van der Waals surface area contributed by atoms with Gasteiger partial charge < -0.3 is 15.0 Å². The number of benzene rings is 1. The Balaban J connectivity index is 1.13. The van der Waals surface area contributed by atoms with Gasteiger partial charge in [0, 0.05) is 42.9 Å². The lowest BCUT2D eigenvalue weighted by molar-refractivity contribution is -0.134. The molecule has 2 fully saturated rings. The highest BCUT2D eigenvalue weighted by molar-refractivity contribution is 5.94. The fourth-order valence-corrected chi connectivity index (χ4v) is 4.02. The molecule has 3 heterocycles. The van der Waals surface area contributed by atoms with E-state index in [1.165, 1.54) is 0 Å². The van der Waals surface area contributed by atoms with Gasteiger partial charge in [0.15, 0.2) is 12.3 Å². The zero-order valence-corrected chi connectivity index (χ0v) is 17.2. The molecule has 0 bridgehead atoms. The summed E-state index contributed by atoms with van der Waals surface area (Å²) >= 11 is 0. The van der Waals surface area contributed by atoms with Gasteiger partial charge in [-0.15, -0.1) is 10.2 Å². The van der Waals surface area contributed by atoms with E-state index in [1.807, 2.05) is 45.8 Å². The molecule has 0 spiro atoms. The van der Waals surface area contributed by atoms with Gasteiger partial charge >= 0.3 is 0 Å². The van der Waals surface area contributed by atoms with Crippen LogP contribution in [-0.4, -0.2) is 51.0 Å². The van der Waals surface area contributed by atoms with Crippen molar-refractivity contribution in [1.29, 1.82) is 0 Å². The van der Waals surface area contributed by atoms with E-state index in [1.54, 1.807) is 12.1 Å². The summed E-state index contributed by atoms with van der Waals surface area (Å²) < 4.78 is 7.74. The van der Waals surface area contributed by atoms with E-state index < -0.39 is 0 Å². The number of likely N-dealkylation sites (tertiary alicyclic amines) is 1. The summed E-state index contributed by atoms with van der Waals surface area (Å²) in [5.41, 5.74) is 1.54. The summed E-state index contributed by atoms with van der Waals surface area (Å²) in [6.45, 7) is 1.33. The molecule has 5 rings (SSSR count). The molecule has 1 aromatic carbocycles. The number of ether oxygens (including phenoxy) is 1. The van der Waals surface area contributed by atoms with Gasteiger partial charge in [0.1, 0.15) is 11.6 Å². The molecule has 0 unspecified atom stereocenters. The van der Waals surface area contributed by atoms with Gasteiger partial charge in [-0.2, -0.15) is 0 Å². The van der Waals surface area contributed by atoms with Gasteiger partial charge in [0.25, 0.3) is 5.91 Å². The van der Waals surface area contributed by atoms with Crippen LogP contribution in [-0.2, 0) is 9.59 Å². The van der Waals surface area contributed by atoms with E-state index in [4.69, 9.17) is 4.74 Å². The van der Waals surface area contributed by atoms with Gasteiger partial charge in [-0.05, 0) is 49.9 Å². The van der Waals surface area contributed by atoms with Crippen LogP contribution in [0.1, 0.15) is 37.4 Å². The summed E-state index contributed by atoms with van der Waals surface area (Å²) in [7, 11) is 0. The number of anilines is 1. The molecule has 1 N–H and O–H groups in total. The lowest BCUT2D eigenvalue weighted by Gasteiger charge is -2.31. The third kappa shape index (κ3) is 4.38. The standard InChI is InChI=1S/C23H25N5O3/c29-21(15-31-19-5-3-4-18(14-19)24-23(30)17-7-8-17)27-12-9-16(10-13-27)22-26-25-20-6-1-2-11-28(20)22/h1-6,11,14,16-17H,7-10,12-13,15H2,(H,24,30). The molecule has 1 aliphatic heterocycles. The zero-order valence-electron chi connectivity index (χ0n) is 17.2. The normalized spacial score (nSPS) is 17.0. The average molecular weight is 419 g/mol. The Morgan fingerprint density at radius 2 is 1.87 bits per heavy atom. The Morgan fingerprint density at radius 3 is 2.68 bits per heavy atom. The molecule has 2 amide bonds. The first-order valence-electron chi connectivity index (χ1n) is 10.8. The summed E-state index contributed by atoms with van der Waals surface area (Å²) in [5.74, 6) is 1.99. The Bertz CT molecular complexity index is 1100. The predicted molar refractivity (Wildman–Crippen MR) is 115 cm³/mol. The Labute approximate surface area is 180 Å². The van der Waals surface area contributed by atoms with Crippen LogP contribution in [0.2, 0.25) is 0 Å². The van der Waals surface area contributed by atoms with Gasteiger partial charge in [0.05, 0.1) is 0 Å². The van der Waals surface area contributed by atoms with Crippen molar-refractivity contribution in [3.05, 3.63) is 54.5 Å². The van der Waals surface area contributed by atoms with Crippen molar-refractivity contribution in [2.45, 2.75) is 31.6 Å². The molecule has 3 aromatic rings. The molecule has 1 aliphatic carbocycles. The number of rotatable bonds is 6. The van der Waals surface area contributed by atoms with E-state index in [0.29, 0.717) is 24.5 Å². The van der Waals surface area contributed by atoms with Gasteiger partial charge in [-0.25, -0.2) is 0 Å². The quantitative estimate of drug-likeness (QED) is 0.664. The molecule has 8 heteroatoms. The van der Waals surface area contributed by atoms with Crippen molar-refractivity contribution in [3.8, 4) is 5.75 Å². The van der Waals surface area contributed by atoms with Crippen molar-refractivity contribution in [1.82, 2.24) is 19.5 Å². The van der Waals surface area contributed by atoms with Crippen LogP contribution >= 0.6 is 0 Å². The molecule has 0 radical (unpaired) electrons. The highest BCUT2D eigenvalue weighted by Gasteiger charge is 2.30. The fraction of sp³-hybridized carbons (Fsp3) is 0.391. The van der Waals surface area contributed by atoms with E-state index in [2.05, 4.69) is 15.5 Å². The first kappa shape index (κ1) is 19.5. The molecule has 31 heavy (non-hydrogen) atoms. The molecule has 1 saturated carbocycles. The minimum Gasteiger partial charge on any atom is -0.484 e. The summed E-state index contributed by atoms with van der Waals surface area (Å²) in [6.07, 6.45) is 5.60. The Hall–Kier alpha value is -3.42. The Kier molecular flexibility index (Phi) is 5.28. The van der Waals surface area contributed by atoms with Crippen LogP contribution in [0.15, 0.2) is 48.7 Å². The SMILES string of the molecule is O=C(Nc1cccc(OCC(=O)N2CCC(c3nnc4ccccn34)CC2)c1)C1CC1. The summed E-state index contributed by atoms with van der Waals surface area (Å²) in [5, 5.41) is 11.5. The number of hydrogen-bond acceptors (Lipinski definition) is 5. The second-order valence-electron chi connectivity index (χ2n) is 8.22. The molecule has 2 aromatic heterocycles. The van der Waals surface area contributed by atoms with Crippen LogP contribution in [0.5, 0.6) is 5.75 Å². The maximum Gasteiger partial charge on any atom is 0.260 e. The highest BCUT2D eigenvalue weighted by Crippen LogP contribution is 2.31. The highest BCUT2D eigenvalue weighted by atomic mass is 16.5. The summed E-state index contributed by atoms with van der Waals surface area (Å²) in [4.78, 5) is 26.4. The van der Waals surface area contributed by atoms with Gasteiger partial charge in [-0.1, -0.05) is 12.1 Å². The molecule has 2 aliphatic rings. The second kappa shape index (κ2) is 8.37. The van der Waals surface area contributed by atoms with Crippen LogP contribution in [0, 0.1) is 5.92 Å². The van der Waals surface area contributed by atoms with Crippen molar-refractivity contribution in [2.24, 2.45) is 5.92 Å². The third-order valence-corrected chi connectivity index (χ3v) is 5.96. The van der Waals surface area contributed by atoms with Crippen molar-refractivity contribution in [3.63, 3.8) is 0 Å². The molecule has 0 atom stereocenters. The lowest BCUT2D eigenvalue weighted by atomic mass is 9.96. The minimum absolute atomic E-state index is 0.0153. The van der Waals surface area contributed by atoms with E-state index in [-0.39, 0.29) is 30.3 Å². The van der Waals surface area contributed by atoms with Gasteiger partial charge in [-0.3, -0.25) is 14.0 Å². The molecular weight excluding hydrogens is 394 g/mol. The zero-order chi connectivity index (χ0) is 21.2. The topological polar surface area (TPSA) is 88.8 Å². The number of nitrogens with zero attached hydrogens (tertiary/aromatic N) is 4. The van der Waals surface area contributed by atoms with Gasteiger partial charge in [0.2, 0.25) is 5.91 Å². The summed E-state index contributed by atoms with van der Waals surface area (Å²) in [6, 6.07) is 13.1. The number of piperidine rings is 1. The minimum atomic E-state index is -0.0306. The smallest absolute Gasteiger partial charge is 0.260 e. The van der Waals surface area contributed by atoms with Crippen LogP contribution in [0.3, 0.4) is 0 Å². The van der Waals surface area contributed by atoms with Crippen molar-refractivity contribution >= 4 is 23.1 Å². The van der Waals surface area contributed by atoms with E-state index >= 15 is 0 Å². The largest absolute Gasteiger partial charge is 0.484 e. The number of fused-ring (bicyclic) bond motifs is 1. The van der Waals surface area contributed by atoms with Crippen LogP contribution < -0.4 is 10.1 Å². The number of hydrogen-bond donors (Lipinski definition) is 1. The Morgan fingerprint density at radius 1 is 1.03 bits per heavy atom.